The van der Waals surface area contributed by atoms with Gasteiger partial charge in [-0.2, -0.15) is 0 Å². The highest BCUT2D eigenvalue weighted by atomic mass is 16.5. The molecule has 3 aromatic rings. The van der Waals surface area contributed by atoms with Crippen LogP contribution in [0.2, 0.25) is 0 Å². The van der Waals surface area contributed by atoms with Crippen LogP contribution >= 0.6 is 0 Å². The molecule has 1 aliphatic rings. The van der Waals surface area contributed by atoms with E-state index in [4.69, 9.17) is 19.4 Å². The van der Waals surface area contributed by atoms with E-state index in [9.17, 15) is 5.11 Å². The Morgan fingerprint density at radius 1 is 0.933 bits per heavy atom. The molecule has 0 amide bonds. The molecule has 30 heavy (non-hydrogen) atoms. The Kier molecular flexibility index (Phi) is 6.14. The molecular weight excluding hydrogens is 378 g/mol. The molecule has 2 aromatic carbocycles. The molecule has 6 heteroatoms. The fourth-order valence-corrected chi connectivity index (χ4v) is 3.78. The van der Waals surface area contributed by atoms with Crippen LogP contribution in [0.4, 0.5) is 5.82 Å². The number of benzene rings is 2. The van der Waals surface area contributed by atoms with Crippen LogP contribution in [-0.2, 0) is 6.61 Å². The quantitative estimate of drug-likeness (QED) is 0.660. The van der Waals surface area contributed by atoms with Gasteiger partial charge in [0.2, 0.25) is 0 Å². The Hall–Kier alpha value is -3.12. The molecule has 0 aliphatic carbocycles. The summed E-state index contributed by atoms with van der Waals surface area (Å²) in [5, 5.41) is 10.2. The number of ether oxygens (including phenoxy) is 2. The number of aliphatic hydroxyl groups excluding tert-OH is 1. The first-order chi connectivity index (χ1) is 14.7. The van der Waals surface area contributed by atoms with Crippen molar-refractivity contribution in [2.75, 3.05) is 32.2 Å². The second kappa shape index (κ2) is 9.13. The Labute approximate surface area is 176 Å². The van der Waals surface area contributed by atoms with Gasteiger partial charge in [0, 0.05) is 24.5 Å². The first-order valence-electron chi connectivity index (χ1n) is 10.3. The summed E-state index contributed by atoms with van der Waals surface area (Å²) < 4.78 is 11.0. The van der Waals surface area contributed by atoms with Crippen LogP contribution in [0, 0.1) is 0 Å². The lowest BCUT2D eigenvalue weighted by atomic mass is 10.1. The van der Waals surface area contributed by atoms with Crippen molar-refractivity contribution in [2.24, 2.45) is 0 Å². The van der Waals surface area contributed by atoms with Crippen molar-refractivity contribution < 1.29 is 14.6 Å². The second-order valence-corrected chi connectivity index (χ2v) is 7.41. The highest BCUT2D eigenvalue weighted by Gasteiger charge is 2.19. The zero-order valence-corrected chi connectivity index (χ0v) is 17.5. The fourth-order valence-electron chi connectivity index (χ4n) is 3.78. The maximum atomic E-state index is 9.21. The monoisotopic (exact) mass is 405 g/mol. The third kappa shape index (κ3) is 4.24. The minimum Gasteiger partial charge on any atom is -0.493 e. The average Bonchev–Trinajstić information content (AvgIpc) is 2.82. The van der Waals surface area contributed by atoms with Crippen molar-refractivity contribution in [1.82, 2.24) is 9.97 Å². The molecule has 0 radical (unpaired) electrons. The standard InChI is InChI=1S/C24H27N3O3/c1-29-21-14-19-20(15-22(21)30-2)25-23(26-24(19)27-12-4-3-5-13-27)11-10-17-6-8-18(16-28)9-7-17/h6-11,14-15,28H,3-5,12-13,16H2,1-2H3/b11-10+. The predicted octanol–water partition coefficient (Wildman–Crippen LogP) is 4.30. The van der Waals surface area contributed by atoms with Crippen LogP contribution in [0.1, 0.15) is 36.2 Å². The van der Waals surface area contributed by atoms with Gasteiger partial charge in [-0.25, -0.2) is 9.97 Å². The number of aromatic nitrogens is 2. The molecule has 1 aromatic heterocycles. The Balaban J connectivity index is 1.77. The third-order valence-electron chi connectivity index (χ3n) is 5.44. The number of fused-ring (bicyclic) bond motifs is 1. The van der Waals surface area contributed by atoms with Crippen molar-refractivity contribution in [3.63, 3.8) is 0 Å². The SMILES string of the molecule is COc1cc2nc(/C=C/c3ccc(CO)cc3)nc(N3CCCCC3)c2cc1OC. The molecule has 0 atom stereocenters. The molecular formula is C24H27N3O3. The normalized spacial score (nSPS) is 14.4. The largest absolute Gasteiger partial charge is 0.493 e. The molecule has 1 saturated heterocycles. The van der Waals surface area contributed by atoms with E-state index in [-0.39, 0.29) is 6.61 Å². The summed E-state index contributed by atoms with van der Waals surface area (Å²) in [6.45, 7) is 2.03. The van der Waals surface area contributed by atoms with Crippen LogP contribution < -0.4 is 14.4 Å². The Morgan fingerprint density at radius 2 is 1.63 bits per heavy atom. The minimum absolute atomic E-state index is 0.0439. The highest BCUT2D eigenvalue weighted by molar-refractivity contribution is 5.93. The number of hydrogen-bond donors (Lipinski definition) is 1. The van der Waals surface area contributed by atoms with E-state index in [2.05, 4.69) is 4.90 Å². The molecule has 0 saturated carbocycles. The first kappa shape index (κ1) is 20.2. The molecule has 0 bridgehead atoms. The average molecular weight is 405 g/mol. The lowest BCUT2D eigenvalue weighted by Crippen LogP contribution is -2.30. The molecule has 1 N–H and O–H groups in total. The zero-order chi connectivity index (χ0) is 20.9. The van der Waals surface area contributed by atoms with Crippen LogP contribution in [-0.4, -0.2) is 42.4 Å². The van der Waals surface area contributed by atoms with Gasteiger partial charge in [-0.3, -0.25) is 0 Å². The van der Waals surface area contributed by atoms with E-state index in [0.29, 0.717) is 17.3 Å². The number of methoxy groups -OCH3 is 2. The summed E-state index contributed by atoms with van der Waals surface area (Å²) in [5.74, 6) is 2.93. The van der Waals surface area contributed by atoms with Gasteiger partial charge in [0.05, 0.1) is 26.3 Å². The first-order valence-corrected chi connectivity index (χ1v) is 10.3. The molecule has 4 rings (SSSR count). The Bertz CT molecular complexity index is 1040. The zero-order valence-electron chi connectivity index (χ0n) is 17.5. The summed E-state index contributed by atoms with van der Waals surface area (Å²) in [4.78, 5) is 12.0. The number of aliphatic hydroxyl groups is 1. The number of anilines is 1. The molecule has 1 aliphatic heterocycles. The lowest BCUT2D eigenvalue weighted by Gasteiger charge is -2.29. The van der Waals surface area contributed by atoms with Crippen LogP contribution in [0.25, 0.3) is 23.1 Å². The van der Waals surface area contributed by atoms with E-state index in [1.54, 1.807) is 14.2 Å². The summed E-state index contributed by atoms with van der Waals surface area (Å²) in [6.07, 6.45) is 7.51. The van der Waals surface area contributed by atoms with Crippen LogP contribution in [0.5, 0.6) is 11.5 Å². The molecule has 6 nitrogen and oxygen atoms in total. The minimum atomic E-state index is 0.0439. The molecule has 0 unspecified atom stereocenters. The van der Waals surface area contributed by atoms with Gasteiger partial charge in [-0.1, -0.05) is 30.3 Å². The van der Waals surface area contributed by atoms with Crippen molar-refractivity contribution in [3.8, 4) is 11.5 Å². The molecule has 1 fully saturated rings. The van der Waals surface area contributed by atoms with Gasteiger partial charge in [-0.15, -0.1) is 0 Å². The number of piperidine rings is 1. The second-order valence-electron chi connectivity index (χ2n) is 7.41. The number of hydrogen-bond acceptors (Lipinski definition) is 6. The molecule has 156 valence electrons. The number of nitrogens with zero attached hydrogens (tertiary/aromatic N) is 3. The van der Waals surface area contributed by atoms with Gasteiger partial charge in [0.25, 0.3) is 0 Å². The van der Waals surface area contributed by atoms with Gasteiger partial charge < -0.3 is 19.5 Å². The van der Waals surface area contributed by atoms with Gasteiger partial charge >= 0.3 is 0 Å². The molecule has 2 heterocycles. The summed E-state index contributed by atoms with van der Waals surface area (Å²) in [5.41, 5.74) is 2.75. The van der Waals surface area contributed by atoms with Crippen LogP contribution in [0.15, 0.2) is 36.4 Å². The summed E-state index contributed by atoms with van der Waals surface area (Å²) >= 11 is 0. The van der Waals surface area contributed by atoms with Crippen molar-refractivity contribution in [1.29, 1.82) is 0 Å². The fraction of sp³-hybridized carbons (Fsp3) is 0.333. The van der Waals surface area contributed by atoms with E-state index < -0.39 is 0 Å². The van der Waals surface area contributed by atoms with E-state index in [1.807, 2.05) is 48.6 Å². The van der Waals surface area contributed by atoms with Gasteiger partial charge in [0.1, 0.15) is 5.82 Å². The number of rotatable bonds is 6. The van der Waals surface area contributed by atoms with E-state index >= 15 is 0 Å². The Morgan fingerprint density at radius 3 is 2.30 bits per heavy atom. The van der Waals surface area contributed by atoms with E-state index in [1.165, 1.54) is 19.3 Å². The molecule has 0 spiro atoms. The van der Waals surface area contributed by atoms with Gasteiger partial charge in [-0.05, 0) is 42.5 Å². The van der Waals surface area contributed by atoms with E-state index in [0.717, 1.165) is 40.9 Å². The third-order valence-corrected chi connectivity index (χ3v) is 5.44. The highest BCUT2D eigenvalue weighted by Crippen LogP contribution is 2.36. The topological polar surface area (TPSA) is 67.7 Å². The summed E-state index contributed by atoms with van der Waals surface area (Å²) in [7, 11) is 3.28. The van der Waals surface area contributed by atoms with Crippen LogP contribution in [0.3, 0.4) is 0 Å². The maximum absolute atomic E-state index is 9.21. The van der Waals surface area contributed by atoms with Gasteiger partial charge in [0.15, 0.2) is 17.3 Å². The van der Waals surface area contributed by atoms with Crippen molar-refractivity contribution in [2.45, 2.75) is 25.9 Å². The summed E-state index contributed by atoms with van der Waals surface area (Å²) in [6, 6.07) is 11.7. The smallest absolute Gasteiger partial charge is 0.162 e. The maximum Gasteiger partial charge on any atom is 0.162 e. The van der Waals surface area contributed by atoms with Crippen molar-refractivity contribution >= 4 is 28.9 Å². The lowest BCUT2D eigenvalue weighted by molar-refractivity contribution is 0.282. The predicted molar refractivity (Wildman–Crippen MR) is 120 cm³/mol. The van der Waals surface area contributed by atoms with Crippen molar-refractivity contribution in [3.05, 3.63) is 53.3 Å².